The van der Waals surface area contributed by atoms with Crippen molar-refractivity contribution >= 4 is 150 Å². The SMILES string of the molecule is CSS[C@H](C)OC1C[C@H]([n+]2cn(C#CCNC(=O)COCCOC(COc3cccc(C(=O)NCCCC(=O)c4ccc(C(=O)O)c(C5=c6cc7c(cc6Oc6cc8c(cc65)C(CS(=O)(=O)O)=CC(C)(C)N8)=NC(C)(C)C=C7CS(=O)(=O)O)c4)c3)SSC(C)C)c3c(N)ncnc32)O[C@@H]1COP(=O)(O)OP(=O)(O)OP(=O)(O)O. The van der Waals surface area contributed by atoms with Gasteiger partial charge in [0.05, 0.1) is 60.5 Å². The van der Waals surface area contributed by atoms with Crippen LogP contribution in [0.3, 0.4) is 0 Å². The molecule has 0 bridgehead atoms. The number of carboxylic acids is 1. The molecule has 1 fully saturated rings. The minimum absolute atomic E-state index is 0.00479. The van der Waals surface area contributed by atoms with E-state index in [0.717, 1.165) is 0 Å². The minimum Gasteiger partial charge on any atom is -0.490 e. The van der Waals surface area contributed by atoms with Crippen LogP contribution in [0.4, 0.5) is 11.5 Å². The Labute approximate surface area is 663 Å². The maximum Gasteiger partial charge on any atom is 0.490 e. The van der Waals surface area contributed by atoms with Gasteiger partial charge in [-0.25, -0.2) is 23.1 Å². The number of carbonyl (C=O) groups is 4. The molecule has 7 atom stereocenters. The molecule has 4 unspecified atom stereocenters. The van der Waals surface area contributed by atoms with Gasteiger partial charge in [-0.15, -0.1) is 0 Å². The number of anilines is 2. The van der Waals surface area contributed by atoms with Crippen molar-refractivity contribution in [3.8, 4) is 29.2 Å². The molecule has 610 valence electrons. The van der Waals surface area contributed by atoms with E-state index < -0.39 is 126 Å². The van der Waals surface area contributed by atoms with Gasteiger partial charge in [-0.2, -0.15) is 35.0 Å². The lowest BCUT2D eigenvalue weighted by Crippen LogP contribution is -2.39. The third kappa shape index (κ3) is 24.5. The summed E-state index contributed by atoms with van der Waals surface area (Å²) in [5, 5.41) is 20.4. The van der Waals surface area contributed by atoms with E-state index in [1.165, 1.54) is 83.2 Å². The smallest absolute Gasteiger partial charge is 0.490 e. The number of benzene rings is 4. The molecule has 10 rings (SSSR count). The van der Waals surface area contributed by atoms with Gasteiger partial charge in [0.2, 0.25) is 17.8 Å². The number of aromatic nitrogens is 4. The number of carboxylic acid groups (broad SMARTS) is 1. The monoisotopic (exact) mass is 1740 g/mol. The number of carbonyl (C=O) groups excluding carboxylic acids is 3. The quantitative estimate of drug-likeness (QED) is 0.00263. The van der Waals surface area contributed by atoms with Crippen LogP contribution in [0, 0.1) is 12.0 Å². The molecule has 6 aromatic rings. The van der Waals surface area contributed by atoms with E-state index >= 15 is 0 Å². The van der Waals surface area contributed by atoms with E-state index in [9.17, 15) is 73.7 Å². The summed E-state index contributed by atoms with van der Waals surface area (Å²) in [7, 11) is -20.5. The maximum atomic E-state index is 14.3. The van der Waals surface area contributed by atoms with Gasteiger partial charge in [0.25, 0.3) is 26.1 Å². The van der Waals surface area contributed by atoms with Crippen molar-refractivity contribution in [3.05, 3.63) is 141 Å². The molecule has 0 aliphatic carbocycles. The standard InChI is InChI=1S/C68H80N9O27P3S6/c1-38(2)109-111-60(97-21-20-96-32-58(79)70-18-11-19-76-37-77(64-62(76)63(69)72-36-73-64)59-28-56(100-39(3)110-108-8)57(102-59)31-99-106(86,87)104-107(88,89)103-105(83,84)85)33-98-44-13-9-12-41(22-44)65(80)71-17-10-14-53(78)40-15-16-45(66(81)82)48(23-40)61-49-24-46-42(34-112(90,91)92)29-67(4,5)74-51(46)26-54(49)101-55-27-52-47(25-50(55)61)43(35-113(93,94)95)30-68(6,7)75-52/h9,12-13,15-16,22-27,29-30,36-39,56-57,59-60H,10,14,17-18,20-21,28,31-35H2,1-8H3,(H11-,69,70,71,72,73,74,75,79,80,81,82,83,84,85,86,87,88,89,90,91,92,93,94,95)/p+1/t39-,56?,57-,59-,60?/m1/s1. The van der Waals surface area contributed by atoms with Crippen molar-refractivity contribution in [3.63, 3.8) is 0 Å². The zero-order chi connectivity index (χ0) is 82.3. The van der Waals surface area contributed by atoms with Crippen LogP contribution in [0.15, 0.2) is 96.5 Å². The van der Waals surface area contributed by atoms with Crippen molar-refractivity contribution in [2.75, 3.05) is 74.9 Å². The molecule has 113 heavy (non-hydrogen) atoms. The summed E-state index contributed by atoms with van der Waals surface area (Å²) in [5.74, 6) is -0.817. The number of aromatic carboxylic acids is 1. The zero-order valence-electron chi connectivity index (χ0n) is 61.5. The Hall–Kier alpha value is -7.11. The van der Waals surface area contributed by atoms with Crippen molar-refractivity contribution in [2.45, 2.75) is 113 Å². The van der Waals surface area contributed by atoms with Crippen LogP contribution >= 0.6 is 66.6 Å². The molecule has 45 heteroatoms. The van der Waals surface area contributed by atoms with E-state index in [1.54, 1.807) is 95.3 Å². The van der Waals surface area contributed by atoms with E-state index in [-0.39, 0.29) is 148 Å². The van der Waals surface area contributed by atoms with Crippen molar-refractivity contribution in [2.24, 2.45) is 4.99 Å². The van der Waals surface area contributed by atoms with Gasteiger partial charge in [-0.05, 0) is 112 Å². The third-order valence-electron chi connectivity index (χ3n) is 16.6. The van der Waals surface area contributed by atoms with Gasteiger partial charge in [-0.1, -0.05) is 86.3 Å². The van der Waals surface area contributed by atoms with Crippen LogP contribution in [0.25, 0.3) is 27.9 Å². The Morgan fingerprint density at radius 3 is 2.27 bits per heavy atom. The van der Waals surface area contributed by atoms with Crippen LogP contribution in [0.5, 0.6) is 17.2 Å². The Balaban J connectivity index is 0.737. The topological polar surface area (TPSA) is 522 Å². The molecule has 2 amide bonds. The van der Waals surface area contributed by atoms with E-state index in [4.69, 9.17) is 53.5 Å². The van der Waals surface area contributed by atoms with E-state index in [1.807, 2.05) is 20.1 Å². The molecule has 0 radical (unpaired) electrons. The average Bonchev–Trinajstić information content (AvgIpc) is 1.46. The highest BCUT2D eigenvalue weighted by molar-refractivity contribution is 8.77. The number of phosphoric ester groups is 1. The molecule has 0 spiro atoms. The van der Waals surface area contributed by atoms with Gasteiger partial charge in [0.15, 0.2) is 24.2 Å². The van der Waals surface area contributed by atoms with Gasteiger partial charge in [0, 0.05) is 81.1 Å². The molecule has 0 saturated carbocycles. The summed E-state index contributed by atoms with van der Waals surface area (Å²) in [6.45, 7) is 11.6. The third-order valence-corrected chi connectivity index (χ3v) is 26.9. The van der Waals surface area contributed by atoms with Crippen LogP contribution in [-0.2, 0) is 70.8 Å². The predicted molar refractivity (Wildman–Crippen MR) is 420 cm³/mol. The Bertz CT molecular complexity index is 5370. The number of amides is 2. The van der Waals surface area contributed by atoms with Crippen molar-refractivity contribution in [1.82, 2.24) is 25.2 Å². The summed E-state index contributed by atoms with van der Waals surface area (Å²) in [5.41, 5.74) is 5.99. The van der Waals surface area contributed by atoms with Gasteiger partial charge >= 0.3 is 35.1 Å². The first-order chi connectivity index (χ1) is 52.9. The Kier molecular flexibility index (Phi) is 28.6. The fourth-order valence-electron chi connectivity index (χ4n) is 12.4. The van der Waals surface area contributed by atoms with Gasteiger partial charge in [-0.3, -0.25) is 33.0 Å². The normalized spacial score (nSPS) is 18.5. The fourth-order valence-corrected chi connectivity index (χ4v) is 20.1. The number of ketones is 1. The Morgan fingerprint density at radius 1 is 0.841 bits per heavy atom. The maximum absolute atomic E-state index is 14.3. The average molecular weight is 1740 g/mol. The molecule has 6 heterocycles. The molecule has 1 saturated heterocycles. The van der Waals surface area contributed by atoms with Gasteiger partial charge in [0.1, 0.15) is 58.9 Å². The zero-order valence-corrected chi connectivity index (χ0v) is 69.1. The largest absolute Gasteiger partial charge is 0.490 e. The number of nitrogens with zero attached hydrogens (tertiary/aromatic N) is 5. The number of imidazole rings is 1. The fraction of sp³-hybridized carbons (Fsp3) is 0.412. The first-order valence-electron chi connectivity index (χ1n) is 34.2. The second kappa shape index (κ2) is 36.6. The first kappa shape index (κ1) is 88.3. The van der Waals surface area contributed by atoms with Crippen LogP contribution < -0.4 is 46.3 Å². The second-order valence-corrected chi connectivity index (χ2v) is 40.2. The number of Topliss-reactive ketones (excluding diaryl/α,β-unsaturated/α-hetero) is 1. The van der Waals surface area contributed by atoms with Crippen LogP contribution in [0.1, 0.15) is 127 Å². The minimum atomic E-state index is -5.81. The van der Waals surface area contributed by atoms with Crippen LogP contribution in [-0.4, -0.2) is 192 Å². The van der Waals surface area contributed by atoms with Crippen molar-refractivity contribution < 1.29 is 130 Å². The molecule has 36 nitrogen and oxygen atoms in total. The molecular weight excluding hydrogens is 1660 g/mol. The number of fused-ring (bicyclic) bond motifs is 5. The molecule has 12 N–H and O–H groups in total. The molecule has 4 aliphatic rings. The van der Waals surface area contributed by atoms with Crippen molar-refractivity contribution in [1.29, 1.82) is 0 Å². The second-order valence-electron chi connectivity index (χ2n) is 27.1. The number of hydrogen-bond donors (Lipinski definition) is 11. The first-order valence-corrected chi connectivity index (χ1v) is 46.8. The number of hydrogen-bond acceptors (Lipinski definition) is 29. The lowest BCUT2D eigenvalue weighted by Gasteiger charge is -2.34. The predicted octanol–water partition coefficient (Wildman–Crippen LogP) is 7.43. The number of nitrogens with one attached hydrogen (secondary N) is 3. The highest BCUT2D eigenvalue weighted by atomic mass is 33.1. The number of ether oxygens (including phenoxy) is 6. The van der Waals surface area contributed by atoms with Crippen LogP contribution in [0.2, 0.25) is 0 Å². The Morgan fingerprint density at radius 2 is 1.58 bits per heavy atom. The highest BCUT2D eigenvalue weighted by Gasteiger charge is 2.46. The van der Waals surface area contributed by atoms with E-state index in [0.29, 0.717) is 22.4 Å². The molecule has 4 aliphatic heterocycles. The van der Waals surface area contributed by atoms with E-state index in [2.05, 4.69) is 46.5 Å². The summed E-state index contributed by atoms with van der Waals surface area (Å²) in [6, 6.07) is 19.7. The lowest BCUT2D eigenvalue weighted by atomic mass is 9.83. The number of nitrogen functional groups attached to an aromatic ring is 1. The molecular formula is C68H81N9O27P3S6+. The number of phosphoric acid groups is 3. The summed E-state index contributed by atoms with van der Waals surface area (Å²) >= 11 is 0. The number of nitrogens with two attached hydrogens (primary N) is 1. The van der Waals surface area contributed by atoms with Gasteiger partial charge < -0.3 is 74.8 Å². The summed E-state index contributed by atoms with van der Waals surface area (Å²) in [6.07, 6.45) is 4.86. The summed E-state index contributed by atoms with van der Waals surface area (Å²) in [4.78, 5) is 105. The summed E-state index contributed by atoms with van der Waals surface area (Å²) < 4.78 is 158. The molecule has 4 aromatic carbocycles. The lowest BCUT2D eigenvalue weighted by molar-refractivity contribution is -0.739. The molecule has 2 aromatic heterocycles. The number of rotatable bonds is 37. The highest BCUT2D eigenvalue weighted by Crippen LogP contribution is 2.66.